The standard InChI is InChI=1S/C24H33NO/c1-7-9-10-18-14-21-22(24(5,6)16-23(21,3)4)15-20(18)17(8-2)13-19-11-12-25-26-19/h11-15H,7-10,16H2,1-6H3. The number of fused-ring (bicyclic) bond motifs is 1. The Kier molecular flexibility index (Phi) is 5.14. The van der Waals surface area contributed by atoms with E-state index in [0.717, 1.165) is 18.6 Å². The Morgan fingerprint density at radius 3 is 2.38 bits per heavy atom. The lowest BCUT2D eigenvalue weighted by Gasteiger charge is -2.22. The molecule has 0 atom stereocenters. The summed E-state index contributed by atoms with van der Waals surface area (Å²) in [7, 11) is 0. The first-order chi connectivity index (χ1) is 12.3. The van der Waals surface area contributed by atoms with Crippen molar-refractivity contribution in [2.45, 2.75) is 84.5 Å². The number of rotatable bonds is 6. The Labute approximate surface area is 158 Å². The van der Waals surface area contributed by atoms with E-state index in [1.54, 1.807) is 11.8 Å². The van der Waals surface area contributed by atoms with Crippen LogP contribution < -0.4 is 0 Å². The fourth-order valence-electron chi connectivity index (χ4n) is 4.77. The number of hydrogen-bond acceptors (Lipinski definition) is 2. The molecule has 2 nitrogen and oxygen atoms in total. The van der Waals surface area contributed by atoms with E-state index in [2.05, 4.69) is 64.9 Å². The van der Waals surface area contributed by atoms with Gasteiger partial charge in [-0.1, -0.05) is 65.3 Å². The van der Waals surface area contributed by atoms with Crippen molar-refractivity contribution in [1.29, 1.82) is 0 Å². The fraction of sp³-hybridized carbons (Fsp3) is 0.542. The molecular formula is C24H33NO. The summed E-state index contributed by atoms with van der Waals surface area (Å²) in [4.78, 5) is 0. The Bertz CT molecular complexity index is 794. The number of allylic oxidation sites excluding steroid dienone is 1. The Morgan fingerprint density at radius 2 is 1.81 bits per heavy atom. The lowest BCUT2D eigenvalue weighted by molar-refractivity contribution is 0.403. The van der Waals surface area contributed by atoms with Gasteiger partial charge >= 0.3 is 0 Å². The lowest BCUT2D eigenvalue weighted by Crippen LogP contribution is -2.18. The van der Waals surface area contributed by atoms with E-state index in [0.29, 0.717) is 0 Å². The van der Waals surface area contributed by atoms with Crippen LogP contribution in [0.3, 0.4) is 0 Å². The number of unbranched alkanes of at least 4 members (excludes halogenated alkanes) is 1. The van der Waals surface area contributed by atoms with Crippen molar-refractivity contribution in [3.8, 4) is 0 Å². The van der Waals surface area contributed by atoms with Gasteiger partial charge in [-0.25, -0.2) is 0 Å². The van der Waals surface area contributed by atoms with E-state index in [9.17, 15) is 0 Å². The van der Waals surface area contributed by atoms with E-state index in [1.165, 1.54) is 41.5 Å². The molecule has 1 aromatic carbocycles. The Morgan fingerprint density at radius 1 is 1.12 bits per heavy atom. The molecule has 0 saturated heterocycles. The van der Waals surface area contributed by atoms with Crippen LogP contribution >= 0.6 is 0 Å². The highest BCUT2D eigenvalue weighted by molar-refractivity contribution is 5.82. The van der Waals surface area contributed by atoms with Crippen molar-refractivity contribution in [2.24, 2.45) is 0 Å². The summed E-state index contributed by atoms with van der Waals surface area (Å²) in [5.41, 5.74) is 7.78. The van der Waals surface area contributed by atoms with Gasteiger partial charge in [-0.05, 0) is 70.4 Å². The maximum Gasteiger partial charge on any atom is 0.159 e. The molecule has 1 heterocycles. The van der Waals surface area contributed by atoms with Crippen LogP contribution in [0.2, 0.25) is 0 Å². The van der Waals surface area contributed by atoms with Gasteiger partial charge in [-0.15, -0.1) is 0 Å². The number of nitrogens with zero attached hydrogens (tertiary/aromatic N) is 1. The number of benzene rings is 1. The second-order valence-corrected chi connectivity index (χ2v) is 9.04. The maximum absolute atomic E-state index is 5.35. The quantitative estimate of drug-likeness (QED) is 0.564. The van der Waals surface area contributed by atoms with E-state index in [4.69, 9.17) is 4.52 Å². The van der Waals surface area contributed by atoms with Gasteiger partial charge in [0.25, 0.3) is 0 Å². The number of aromatic nitrogens is 1. The van der Waals surface area contributed by atoms with E-state index < -0.39 is 0 Å². The highest BCUT2D eigenvalue weighted by atomic mass is 16.5. The number of hydrogen-bond donors (Lipinski definition) is 0. The predicted octanol–water partition coefficient (Wildman–Crippen LogP) is 6.93. The molecule has 2 heteroatoms. The van der Waals surface area contributed by atoms with Gasteiger partial charge in [0.1, 0.15) is 0 Å². The van der Waals surface area contributed by atoms with Gasteiger partial charge in [0, 0.05) is 6.07 Å². The van der Waals surface area contributed by atoms with Crippen molar-refractivity contribution < 1.29 is 4.52 Å². The molecule has 3 rings (SSSR count). The molecule has 0 N–H and O–H groups in total. The third-order valence-corrected chi connectivity index (χ3v) is 5.89. The van der Waals surface area contributed by atoms with Crippen LogP contribution in [0.25, 0.3) is 11.6 Å². The monoisotopic (exact) mass is 351 g/mol. The van der Waals surface area contributed by atoms with Crippen molar-refractivity contribution in [3.05, 3.63) is 52.4 Å². The fourth-order valence-corrected chi connectivity index (χ4v) is 4.77. The van der Waals surface area contributed by atoms with E-state index in [-0.39, 0.29) is 10.8 Å². The first-order valence-corrected chi connectivity index (χ1v) is 10.1. The van der Waals surface area contributed by atoms with Crippen molar-refractivity contribution in [2.75, 3.05) is 0 Å². The third-order valence-electron chi connectivity index (χ3n) is 5.89. The van der Waals surface area contributed by atoms with Crippen molar-refractivity contribution in [1.82, 2.24) is 5.16 Å². The first-order valence-electron chi connectivity index (χ1n) is 10.1. The maximum atomic E-state index is 5.35. The summed E-state index contributed by atoms with van der Waals surface area (Å²) in [5.74, 6) is 0.836. The first kappa shape index (κ1) is 18.9. The minimum absolute atomic E-state index is 0.224. The minimum Gasteiger partial charge on any atom is -0.357 e. The smallest absolute Gasteiger partial charge is 0.159 e. The van der Waals surface area contributed by atoms with Crippen LogP contribution in [0.1, 0.15) is 95.2 Å². The van der Waals surface area contributed by atoms with Gasteiger partial charge in [0.2, 0.25) is 0 Å². The molecular weight excluding hydrogens is 318 g/mol. The molecule has 1 aromatic heterocycles. The zero-order chi connectivity index (χ0) is 18.9. The summed E-state index contributed by atoms with van der Waals surface area (Å²) in [6.45, 7) is 14.1. The molecule has 140 valence electrons. The van der Waals surface area contributed by atoms with E-state index in [1.807, 2.05) is 6.07 Å². The van der Waals surface area contributed by atoms with Gasteiger partial charge in [-0.2, -0.15) is 0 Å². The topological polar surface area (TPSA) is 26.0 Å². The average Bonchev–Trinajstić information content (AvgIpc) is 3.14. The predicted molar refractivity (Wildman–Crippen MR) is 110 cm³/mol. The summed E-state index contributed by atoms with van der Waals surface area (Å²) in [6, 6.07) is 6.93. The molecule has 0 radical (unpaired) electrons. The van der Waals surface area contributed by atoms with Crippen LogP contribution in [-0.2, 0) is 17.3 Å². The molecule has 0 aliphatic heterocycles. The van der Waals surface area contributed by atoms with Gasteiger partial charge < -0.3 is 4.52 Å². The van der Waals surface area contributed by atoms with Crippen LogP contribution in [0.15, 0.2) is 28.9 Å². The van der Waals surface area contributed by atoms with Crippen LogP contribution in [0, 0.1) is 0 Å². The largest absolute Gasteiger partial charge is 0.357 e. The second-order valence-electron chi connectivity index (χ2n) is 9.04. The van der Waals surface area contributed by atoms with Gasteiger partial charge in [0.15, 0.2) is 5.76 Å². The highest BCUT2D eigenvalue weighted by Gasteiger charge is 2.42. The van der Waals surface area contributed by atoms with Crippen LogP contribution in [-0.4, -0.2) is 5.16 Å². The molecule has 0 saturated carbocycles. The summed E-state index contributed by atoms with van der Waals surface area (Å²) in [5, 5.41) is 3.86. The third kappa shape index (κ3) is 3.51. The van der Waals surface area contributed by atoms with Crippen LogP contribution in [0.5, 0.6) is 0 Å². The number of aryl methyl sites for hydroxylation is 1. The minimum atomic E-state index is 0.224. The van der Waals surface area contributed by atoms with Crippen molar-refractivity contribution in [3.63, 3.8) is 0 Å². The zero-order valence-corrected chi connectivity index (χ0v) is 17.3. The summed E-state index contributed by atoms with van der Waals surface area (Å²) in [6.07, 6.45) is 9.67. The highest BCUT2D eigenvalue weighted by Crippen LogP contribution is 2.50. The Balaban J connectivity index is 2.17. The van der Waals surface area contributed by atoms with E-state index >= 15 is 0 Å². The molecule has 0 unspecified atom stereocenters. The lowest BCUT2D eigenvalue weighted by atomic mass is 9.82. The normalized spacial score (nSPS) is 18.2. The van der Waals surface area contributed by atoms with Gasteiger partial charge in [0.05, 0.1) is 6.20 Å². The molecule has 0 fully saturated rings. The SMILES string of the molecule is CCCCc1cc2c(cc1C(=Cc1ccno1)CC)C(C)(C)CC2(C)C. The second kappa shape index (κ2) is 7.06. The molecule has 0 amide bonds. The summed E-state index contributed by atoms with van der Waals surface area (Å²) >= 11 is 0. The molecule has 26 heavy (non-hydrogen) atoms. The Hall–Kier alpha value is -1.83. The van der Waals surface area contributed by atoms with Crippen LogP contribution in [0.4, 0.5) is 0 Å². The van der Waals surface area contributed by atoms with Crippen molar-refractivity contribution >= 4 is 11.6 Å². The average molecular weight is 352 g/mol. The molecule has 1 aliphatic carbocycles. The molecule has 0 bridgehead atoms. The zero-order valence-electron chi connectivity index (χ0n) is 17.3. The van der Waals surface area contributed by atoms with Gasteiger partial charge in [-0.3, -0.25) is 0 Å². The summed E-state index contributed by atoms with van der Waals surface area (Å²) < 4.78 is 5.35. The molecule has 2 aromatic rings. The molecule has 0 spiro atoms. The molecule has 1 aliphatic rings.